The van der Waals surface area contributed by atoms with Crippen molar-refractivity contribution in [1.29, 1.82) is 0 Å². The normalized spacial score (nSPS) is 18.0. The van der Waals surface area contributed by atoms with Crippen LogP contribution < -0.4 is 0 Å². The lowest BCUT2D eigenvalue weighted by Gasteiger charge is -1.92. The molecule has 0 fully saturated rings. The van der Waals surface area contributed by atoms with Crippen LogP contribution in [0.25, 0.3) is 0 Å². The van der Waals surface area contributed by atoms with E-state index in [0.717, 1.165) is 0 Å². The van der Waals surface area contributed by atoms with Crippen molar-refractivity contribution in [2.45, 2.75) is 0 Å². The Balaban J connectivity index is 2.66. The molecule has 0 aromatic carbocycles. The zero-order valence-electron chi connectivity index (χ0n) is 3.66. The van der Waals surface area contributed by atoms with Crippen LogP contribution in [0, 0.1) is 0 Å². The summed E-state index contributed by atoms with van der Waals surface area (Å²) in [5.74, 6) is 0. The summed E-state index contributed by atoms with van der Waals surface area (Å²) in [4.78, 5) is 8.30. The van der Waals surface area contributed by atoms with Gasteiger partial charge < -0.3 is 0 Å². The van der Waals surface area contributed by atoms with Crippen molar-refractivity contribution >= 4 is 29.6 Å². The lowest BCUT2D eigenvalue weighted by molar-refractivity contribution is 1.31. The second-order valence-corrected chi connectivity index (χ2v) is 1.63. The van der Waals surface area contributed by atoms with Gasteiger partial charge in [0.2, 0.25) is 0 Å². The van der Waals surface area contributed by atoms with Gasteiger partial charge in [-0.15, -0.1) is 0 Å². The minimum atomic E-state index is 0.589. The second-order valence-electron chi connectivity index (χ2n) is 1.16. The van der Waals surface area contributed by atoms with Gasteiger partial charge in [-0.05, 0) is 0 Å². The quantitative estimate of drug-likeness (QED) is 0.418. The molecule has 0 radical (unpaired) electrons. The van der Waals surface area contributed by atoms with E-state index < -0.39 is 0 Å². The summed E-state index contributed by atoms with van der Waals surface area (Å²) in [5, 5.41) is 0. The first kappa shape index (κ1) is 4.59. The smallest absolute Gasteiger partial charge is 0.124 e. The zero-order valence-corrected chi connectivity index (χ0v) is 4.48. The van der Waals surface area contributed by atoms with Crippen LogP contribution in [0.1, 0.15) is 0 Å². The summed E-state index contributed by atoms with van der Waals surface area (Å²) < 4.78 is 0. The highest BCUT2D eigenvalue weighted by atomic mass is 32.1. The third-order valence-electron chi connectivity index (χ3n) is 0.617. The Morgan fingerprint density at radius 2 is 2.43 bits per heavy atom. The van der Waals surface area contributed by atoms with E-state index in [2.05, 4.69) is 9.98 Å². The second kappa shape index (κ2) is 1.93. The lowest BCUT2D eigenvalue weighted by atomic mass is 10.6. The molecule has 0 saturated heterocycles. The molecule has 3 heteroatoms. The summed E-state index contributed by atoms with van der Waals surface area (Å²) >= 11 is 4.69. The zero-order chi connectivity index (χ0) is 5.11. The van der Waals surface area contributed by atoms with Crippen LogP contribution in [0.3, 0.4) is 0 Å². The minimum absolute atomic E-state index is 0.589. The molecule has 0 bridgehead atoms. The molecule has 0 spiro atoms. The number of nitrogens with zero attached hydrogens (tertiary/aromatic N) is 2. The molecule has 0 N–H and O–H groups in total. The average Bonchev–Trinajstić information content (AvgIpc) is 1.69. The Bertz CT molecular complexity index is 137. The third kappa shape index (κ3) is 1.16. The van der Waals surface area contributed by atoms with Gasteiger partial charge in [-0.1, -0.05) is 12.2 Å². The Morgan fingerprint density at radius 1 is 1.57 bits per heavy atom. The Morgan fingerprint density at radius 3 is 2.71 bits per heavy atom. The van der Waals surface area contributed by atoms with Crippen LogP contribution >= 0.6 is 12.2 Å². The van der Waals surface area contributed by atoms with Crippen molar-refractivity contribution in [2.75, 3.05) is 6.54 Å². The van der Waals surface area contributed by atoms with Gasteiger partial charge in [0.25, 0.3) is 0 Å². The maximum atomic E-state index is 4.69. The number of aliphatic imine (C=N–C) groups is 2. The van der Waals surface area contributed by atoms with Gasteiger partial charge in [0.1, 0.15) is 4.99 Å². The predicted molar refractivity (Wildman–Crippen MR) is 34.4 cm³/mol. The monoisotopic (exact) mass is 112 g/mol. The highest BCUT2D eigenvalue weighted by Crippen LogP contribution is 1.83. The predicted octanol–water partition coefficient (Wildman–Crippen LogP) is 0.469. The molecule has 0 aliphatic carbocycles. The lowest BCUT2D eigenvalue weighted by Crippen LogP contribution is -2.01. The summed E-state index contributed by atoms with van der Waals surface area (Å²) in [6.45, 7) is 0.589. The summed E-state index contributed by atoms with van der Waals surface area (Å²) in [6, 6.07) is 0. The van der Waals surface area contributed by atoms with Gasteiger partial charge in [0.15, 0.2) is 0 Å². The number of thiocarbonyl (C=S) groups is 1. The molecule has 1 aliphatic heterocycles. The molecular formula is C4H4N2S. The maximum absolute atomic E-state index is 4.69. The van der Waals surface area contributed by atoms with E-state index in [0.29, 0.717) is 11.5 Å². The van der Waals surface area contributed by atoms with Gasteiger partial charge in [-0.3, -0.25) is 4.99 Å². The minimum Gasteiger partial charge on any atom is -0.284 e. The SMILES string of the molecule is S=C1CN=CC=N1. The van der Waals surface area contributed by atoms with E-state index in [1.165, 1.54) is 0 Å². The Hall–Kier alpha value is -0.570. The largest absolute Gasteiger partial charge is 0.284 e. The van der Waals surface area contributed by atoms with Crippen molar-refractivity contribution in [2.24, 2.45) is 9.98 Å². The van der Waals surface area contributed by atoms with Crippen molar-refractivity contribution in [3.63, 3.8) is 0 Å². The standard InChI is InChI=1S/C4H4N2S/c7-4-3-5-1-2-6-4/h1-2H,3H2. The Kier molecular flexibility index (Phi) is 1.26. The van der Waals surface area contributed by atoms with Crippen LogP contribution in [0.5, 0.6) is 0 Å². The first-order valence-corrected chi connectivity index (χ1v) is 2.36. The average molecular weight is 112 g/mol. The molecular weight excluding hydrogens is 108 g/mol. The number of rotatable bonds is 0. The van der Waals surface area contributed by atoms with Crippen molar-refractivity contribution in [3.8, 4) is 0 Å². The third-order valence-corrected chi connectivity index (χ3v) is 0.852. The molecule has 0 amide bonds. The van der Waals surface area contributed by atoms with Crippen LogP contribution in [-0.2, 0) is 0 Å². The van der Waals surface area contributed by atoms with Crippen molar-refractivity contribution in [3.05, 3.63) is 0 Å². The van der Waals surface area contributed by atoms with Gasteiger partial charge >= 0.3 is 0 Å². The van der Waals surface area contributed by atoms with Crippen molar-refractivity contribution < 1.29 is 0 Å². The number of hydrogen-bond acceptors (Lipinski definition) is 2. The van der Waals surface area contributed by atoms with E-state index in [-0.39, 0.29) is 0 Å². The van der Waals surface area contributed by atoms with Gasteiger partial charge in [0, 0.05) is 12.4 Å². The first-order chi connectivity index (χ1) is 3.39. The van der Waals surface area contributed by atoms with E-state index in [9.17, 15) is 0 Å². The molecule has 0 atom stereocenters. The molecule has 0 aromatic rings. The molecule has 2 nitrogen and oxygen atoms in total. The highest BCUT2D eigenvalue weighted by Gasteiger charge is 1.89. The van der Waals surface area contributed by atoms with Crippen LogP contribution in [0.15, 0.2) is 9.98 Å². The summed E-state index contributed by atoms with van der Waals surface area (Å²) in [7, 11) is 0. The van der Waals surface area contributed by atoms with Crippen LogP contribution in [0.4, 0.5) is 0 Å². The van der Waals surface area contributed by atoms with Crippen LogP contribution in [0.2, 0.25) is 0 Å². The van der Waals surface area contributed by atoms with E-state index >= 15 is 0 Å². The topological polar surface area (TPSA) is 24.7 Å². The summed E-state index contributed by atoms with van der Waals surface area (Å²) in [6.07, 6.45) is 3.25. The fraction of sp³-hybridized carbons (Fsp3) is 0.250. The van der Waals surface area contributed by atoms with E-state index in [4.69, 9.17) is 12.2 Å². The fourth-order valence-electron chi connectivity index (χ4n) is 0.335. The highest BCUT2D eigenvalue weighted by molar-refractivity contribution is 7.80. The van der Waals surface area contributed by atoms with Crippen molar-refractivity contribution in [1.82, 2.24) is 0 Å². The van der Waals surface area contributed by atoms with Gasteiger partial charge in [-0.2, -0.15) is 0 Å². The summed E-state index contributed by atoms with van der Waals surface area (Å²) in [5.41, 5.74) is 0. The van der Waals surface area contributed by atoms with Gasteiger partial charge in [0.05, 0.1) is 6.54 Å². The molecule has 36 valence electrons. The fourth-order valence-corrected chi connectivity index (χ4v) is 0.471. The molecule has 0 aromatic heterocycles. The molecule has 1 rings (SSSR count). The molecule has 7 heavy (non-hydrogen) atoms. The molecule has 1 aliphatic rings. The van der Waals surface area contributed by atoms with Crippen LogP contribution in [-0.4, -0.2) is 24.0 Å². The van der Waals surface area contributed by atoms with E-state index in [1.807, 2.05) is 0 Å². The Labute approximate surface area is 47.0 Å². The molecule has 0 saturated carbocycles. The molecule has 1 heterocycles. The maximum Gasteiger partial charge on any atom is 0.124 e. The first-order valence-electron chi connectivity index (χ1n) is 1.95. The number of hydrogen-bond donors (Lipinski definition) is 0. The van der Waals surface area contributed by atoms with Gasteiger partial charge in [-0.25, -0.2) is 4.99 Å². The van der Waals surface area contributed by atoms with E-state index in [1.54, 1.807) is 12.4 Å². The molecule has 0 unspecified atom stereocenters.